The Labute approximate surface area is 325 Å². The monoisotopic (exact) mass is 791 g/mol. The molecule has 9 N–H and O–H groups in total. The number of hydrazine groups is 1. The summed E-state index contributed by atoms with van der Waals surface area (Å²) in [4.78, 5) is 91.2. The fraction of sp³-hybridized carbons (Fsp3) is 0.618. The molecule has 0 aliphatic carbocycles. The highest BCUT2D eigenvalue weighted by Gasteiger charge is 2.36. The van der Waals surface area contributed by atoms with Gasteiger partial charge in [-0.15, -0.1) is 0 Å². The summed E-state index contributed by atoms with van der Waals surface area (Å²) in [5, 5.41) is 45.2. The Hall–Kier alpha value is -4.87. The first-order chi connectivity index (χ1) is 26.7. The van der Waals surface area contributed by atoms with Gasteiger partial charge in [-0.1, -0.05) is 0 Å². The van der Waals surface area contributed by atoms with E-state index in [1.807, 2.05) is 9.80 Å². The zero-order valence-corrected chi connectivity index (χ0v) is 31.6. The number of likely N-dealkylation sites (tertiary alicyclic amines) is 1. The van der Waals surface area contributed by atoms with Crippen molar-refractivity contribution in [1.29, 1.82) is 0 Å². The smallest absolute Gasteiger partial charge is 0.475 e. The van der Waals surface area contributed by atoms with Gasteiger partial charge in [-0.3, -0.25) is 59.1 Å². The highest BCUT2D eigenvalue weighted by atomic mass is 16.5. The molecule has 0 saturated carbocycles. The van der Waals surface area contributed by atoms with Gasteiger partial charge in [0.25, 0.3) is 5.91 Å². The highest BCUT2D eigenvalue weighted by molar-refractivity contribution is 6.43. The van der Waals surface area contributed by atoms with E-state index in [4.69, 9.17) is 9.84 Å². The lowest BCUT2D eigenvalue weighted by Gasteiger charge is -2.32. The first kappa shape index (κ1) is 45.5. The van der Waals surface area contributed by atoms with Gasteiger partial charge in [-0.05, 0) is 50.5 Å². The molecule has 56 heavy (non-hydrogen) atoms. The van der Waals surface area contributed by atoms with Crippen LogP contribution in [-0.2, 0) is 33.5 Å². The lowest BCUT2D eigenvalue weighted by atomic mass is 9.78. The molecule has 2 fully saturated rings. The molecule has 0 bridgehead atoms. The number of hydrogen-bond acceptors (Lipinski definition) is 15. The molecule has 3 rings (SSSR count). The number of anilines is 1. The maximum absolute atomic E-state index is 12.9. The zero-order valence-electron chi connectivity index (χ0n) is 31.6. The number of aliphatic carboxylic acids is 2. The average Bonchev–Trinajstić information content (AvgIpc) is 3.64. The quantitative estimate of drug-likeness (QED) is 0.0200. The van der Waals surface area contributed by atoms with Crippen LogP contribution in [-0.4, -0.2) is 192 Å². The molecule has 0 radical (unpaired) electrons. The van der Waals surface area contributed by atoms with E-state index in [2.05, 4.69) is 26.8 Å². The van der Waals surface area contributed by atoms with Gasteiger partial charge in [-0.25, -0.2) is 0 Å². The molecule has 1 aromatic rings. The normalized spacial score (nSPS) is 17.0. The highest BCUT2D eigenvalue weighted by Crippen LogP contribution is 2.18. The van der Waals surface area contributed by atoms with Crippen molar-refractivity contribution >= 4 is 54.3 Å². The van der Waals surface area contributed by atoms with Crippen LogP contribution in [0.15, 0.2) is 24.3 Å². The molecule has 1 aromatic carbocycles. The van der Waals surface area contributed by atoms with Crippen LogP contribution in [0.4, 0.5) is 5.69 Å². The molecule has 21 nitrogen and oxygen atoms in total. The summed E-state index contributed by atoms with van der Waals surface area (Å²) in [5.74, 6) is -4.66. The number of rotatable bonds is 25. The molecule has 2 atom stereocenters. The summed E-state index contributed by atoms with van der Waals surface area (Å²) < 4.78 is 5.19. The van der Waals surface area contributed by atoms with Gasteiger partial charge in [0.2, 0.25) is 17.7 Å². The van der Waals surface area contributed by atoms with Gasteiger partial charge >= 0.3 is 25.0 Å². The SMILES string of the molecule is CC1CN(CCN(CCN(CCNCC(=O)O)CC(=O)O)CC(=O)NCCCC(=O)NNc2ccc(C(=O)NCC(=O)N3CCC[C@H]3B(O)O)cc2)CC(=O)O1. The first-order valence-electron chi connectivity index (χ1n) is 18.6. The van der Waals surface area contributed by atoms with Crippen molar-refractivity contribution in [2.75, 3.05) is 97.1 Å². The Balaban J connectivity index is 1.39. The summed E-state index contributed by atoms with van der Waals surface area (Å²) in [6, 6.07) is 6.15. The van der Waals surface area contributed by atoms with E-state index in [1.165, 1.54) is 17.0 Å². The minimum atomic E-state index is -1.64. The third kappa shape index (κ3) is 17.3. The lowest BCUT2D eigenvalue weighted by Crippen LogP contribution is -2.49. The van der Waals surface area contributed by atoms with Crippen LogP contribution in [0.2, 0.25) is 0 Å². The molecular formula is C34H54BN9O12. The number of benzene rings is 1. The Morgan fingerprint density at radius 1 is 0.893 bits per heavy atom. The Morgan fingerprint density at radius 2 is 1.61 bits per heavy atom. The predicted molar refractivity (Wildman–Crippen MR) is 201 cm³/mol. The number of esters is 1. The van der Waals surface area contributed by atoms with Gasteiger partial charge in [0.15, 0.2) is 0 Å². The van der Waals surface area contributed by atoms with E-state index in [1.54, 1.807) is 24.0 Å². The number of carbonyl (C=O) groups is 7. The van der Waals surface area contributed by atoms with E-state index >= 15 is 0 Å². The topological polar surface area (TPSA) is 283 Å². The molecule has 0 aromatic heterocycles. The third-order valence-corrected chi connectivity index (χ3v) is 9.03. The fourth-order valence-corrected chi connectivity index (χ4v) is 6.23. The molecule has 22 heteroatoms. The molecule has 310 valence electrons. The van der Waals surface area contributed by atoms with Crippen LogP contribution in [0.3, 0.4) is 0 Å². The second kappa shape index (κ2) is 23.9. The van der Waals surface area contributed by atoms with Crippen molar-refractivity contribution in [1.82, 2.24) is 41.0 Å². The number of carbonyl (C=O) groups excluding carboxylic acids is 5. The number of hydrogen-bond donors (Lipinski definition) is 9. The van der Waals surface area contributed by atoms with Crippen molar-refractivity contribution in [3.8, 4) is 0 Å². The Bertz CT molecular complexity index is 1490. The fourth-order valence-electron chi connectivity index (χ4n) is 6.23. The van der Waals surface area contributed by atoms with Gasteiger partial charge in [-0.2, -0.15) is 0 Å². The molecule has 2 aliphatic rings. The Kier molecular flexibility index (Phi) is 19.4. The Morgan fingerprint density at radius 3 is 2.27 bits per heavy atom. The molecule has 4 amide bonds. The third-order valence-electron chi connectivity index (χ3n) is 9.03. The van der Waals surface area contributed by atoms with Crippen molar-refractivity contribution in [3.63, 3.8) is 0 Å². The van der Waals surface area contributed by atoms with Crippen LogP contribution in [0.25, 0.3) is 0 Å². The number of nitrogens with zero attached hydrogens (tertiary/aromatic N) is 4. The van der Waals surface area contributed by atoms with Crippen LogP contribution < -0.4 is 26.8 Å². The molecule has 2 saturated heterocycles. The molecular weight excluding hydrogens is 737 g/mol. The molecule has 1 unspecified atom stereocenters. The largest absolute Gasteiger partial charge is 0.480 e. The summed E-state index contributed by atoms with van der Waals surface area (Å²) in [6.45, 7) is 4.21. The van der Waals surface area contributed by atoms with Crippen molar-refractivity contribution in [3.05, 3.63) is 29.8 Å². The number of carboxylic acids is 2. The van der Waals surface area contributed by atoms with Gasteiger partial charge in [0, 0.05) is 70.9 Å². The van der Waals surface area contributed by atoms with Crippen LogP contribution in [0, 0.1) is 0 Å². The van der Waals surface area contributed by atoms with E-state index < -0.39 is 36.8 Å². The van der Waals surface area contributed by atoms with Crippen LogP contribution in [0.5, 0.6) is 0 Å². The van der Waals surface area contributed by atoms with Crippen molar-refractivity contribution < 1.29 is 58.6 Å². The second-order valence-electron chi connectivity index (χ2n) is 13.6. The number of ether oxygens (including phenoxy) is 1. The summed E-state index contributed by atoms with van der Waals surface area (Å²) in [6.07, 6.45) is 1.26. The minimum Gasteiger partial charge on any atom is -0.480 e. The van der Waals surface area contributed by atoms with Gasteiger partial charge < -0.3 is 45.8 Å². The maximum atomic E-state index is 12.9. The predicted octanol–water partition coefficient (Wildman–Crippen LogP) is -3.63. The number of morpholine rings is 1. The van der Waals surface area contributed by atoms with Crippen molar-refractivity contribution in [2.24, 2.45) is 0 Å². The molecule has 2 aliphatic heterocycles. The number of amides is 4. The van der Waals surface area contributed by atoms with E-state index in [9.17, 15) is 48.7 Å². The van der Waals surface area contributed by atoms with Crippen LogP contribution in [0.1, 0.15) is 43.0 Å². The van der Waals surface area contributed by atoms with E-state index in [-0.39, 0.29) is 94.8 Å². The van der Waals surface area contributed by atoms with E-state index in [0.717, 1.165) is 0 Å². The summed E-state index contributed by atoms with van der Waals surface area (Å²) in [7, 11) is -1.64. The number of nitrogens with one attached hydrogen (secondary N) is 5. The van der Waals surface area contributed by atoms with E-state index in [0.29, 0.717) is 57.7 Å². The van der Waals surface area contributed by atoms with Crippen molar-refractivity contribution in [2.45, 2.75) is 44.7 Å². The zero-order chi connectivity index (χ0) is 41.0. The number of carboxylic acid groups (broad SMARTS) is 2. The maximum Gasteiger partial charge on any atom is 0.475 e. The number of cyclic esters (lactones) is 1. The summed E-state index contributed by atoms with van der Waals surface area (Å²) in [5.41, 5.74) is 6.07. The average molecular weight is 792 g/mol. The molecule has 2 heterocycles. The minimum absolute atomic E-state index is 0.0170. The van der Waals surface area contributed by atoms with Gasteiger partial charge in [0.1, 0.15) is 6.10 Å². The standard InChI is InChI=1S/C34H54BN9O12/c1-24-20-43(23-33(52)56-24)17-16-42(15-14-41(22-32(50)51)13-11-36-19-31(48)49)21-29(46)37-10-2-5-28(45)40-39-26-8-6-25(7-9-26)34(53)38-18-30(47)44-12-3-4-27(44)35(54)55/h6-9,24,27,36,39,54-55H,2-5,10-23H2,1H3,(H,37,46)(H,38,53)(H,40,45)(H,48,49)(H,50,51)/t24?,27-/m0/s1. The second-order valence-corrected chi connectivity index (χ2v) is 13.6. The van der Waals surface area contributed by atoms with Gasteiger partial charge in [0.05, 0.1) is 44.4 Å². The first-order valence-corrected chi connectivity index (χ1v) is 18.6. The van der Waals surface area contributed by atoms with Crippen LogP contribution >= 0.6 is 0 Å². The lowest BCUT2D eigenvalue weighted by molar-refractivity contribution is -0.157. The summed E-state index contributed by atoms with van der Waals surface area (Å²) >= 11 is 0. The molecule has 0 spiro atoms.